The minimum Gasteiger partial charge on any atom is -0.272 e. The van der Waals surface area contributed by atoms with E-state index in [9.17, 15) is 9.59 Å². The molecule has 0 aliphatic carbocycles. The van der Waals surface area contributed by atoms with Crippen LogP contribution in [0.2, 0.25) is 0 Å². The highest BCUT2D eigenvalue weighted by molar-refractivity contribution is 6.10. The van der Waals surface area contributed by atoms with E-state index in [-0.39, 0.29) is 11.8 Å². The Labute approximate surface area is 118 Å². The molecule has 2 amide bonds. The lowest BCUT2D eigenvalue weighted by molar-refractivity contribution is -0.139. The third-order valence-electron chi connectivity index (χ3n) is 3.49. The van der Waals surface area contributed by atoms with Gasteiger partial charge in [-0.15, -0.1) is 13.2 Å². The molecule has 0 unspecified atom stereocenters. The zero-order chi connectivity index (χ0) is 14.6. The van der Waals surface area contributed by atoms with Gasteiger partial charge in [0.05, 0.1) is 6.54 Å². The molecule has 0 aromatic heterocycles. The second-order valence-corrected chi connectivity index (χ2v) is 4.89. The number of hydrogen-bond donors (Lipinski definition) is 1. The van der Waals surface area contributed by atoms with Gasteiger partial charge in [0, 0.05) is 0 Å². The van der Waals surface area contributed by atoms with Crippen molar-refractivity contribution in [2.45, 2.75) is 19.4 Å². The van der Waals surface area contributed by atoms with Gasteiger partial charge in [-0.05, 0) is 18.4 Å². The Morgan fingerprint density at radius 2 is 1.70 bits per heavy atom. The summed E-state index contributed by atoms with van der Waals surface area (Å²) in [5.41, 5.74) is 2.54. The van der Waals surface area contributed by atoms with Crippen LogP contribution in [0.3, 0.4) is 0 Å². The van der Waals surface area contributed by atoms with Crippen molar-refractivity contribution < 1.29 is 9.59 Å². The Morgan fingerprint density at radius 3 is 2.25 bits per heavy atom. The zero-order valence-electron chi connectivity index (χ0n) is 11.3. The predicted octanol–water partition coefficient (Wildman–Crippen LogP) is 2.20. The van der Waals surface area contributed by atoms with Crippen LogP contribution >= 0.6 is 0 Å². The van der Waals surface area contributed by atoms with Crippen molar-refractivity contribution in [1.82, 2.24) is 10.4 Å². The second kappa shape index (κ2) is 5.74. The van der Waals surface area contributed by atoms with E-state index < -0.39 is 5.41 Å². The number of allylic oxidation sites excluding steroid dienone is 2. The fourth-order valence-electron chi connectivity index (χ4n) is 2.45. The number of amides is 2. The highest BCUT2D eigenvalue weighted by atomic mass is 16.2. The smallest absolute Gasteiger partial charge is 0.257 e. The van der Waals surface area contributed by atoms with Crippen LogP contribution in [0.5, 0.6) is 0 Å². The number of hydrazine groups is 1. The van der Waals surface area contributed by atoms with Crippen LogP contribution in [0.15, 0.2) is 55.6 Å². The number of nitrogens with one attached hydrogen (secondary N) is 1. The largest absolute Gasteiger partial charge is 0.272 e. The zero-order valence-corrected chi connectivity index (χ0v) is 11.3. The van der Waals surface area contributed by atoms with E-state index in [2.05, 4.69) is 18.6 Å². The average Bonchev–Trinajstić information content (AvgIpc) is 2.66. The van der Waals surface area contributed by atoms with Gasteiger partial charge in [0.25, 0.3) is 11.8 Å². The van der Waals surface area contributed by atoms with E-state index in [4.69, 9.17) is 0 Å². The third kappa shape index (κ3) is 2.37. The molecule has 0 radical (unpaired) electrons. The van der Waals surface area contributed by atoms with Crippen molar-refractivity contribution >= 4 is 11.8 Å². The van der Waals surface area contributed by atoms with Crippen LogP contribution in [0.25, 0.3) is 0 Å². The maximum atomic E-state index is 12.6. The van der Waals surface area contributed by atoms with E-state index in [1.54, 1.807) is 12.2 Å². The Bertz CT molecular complexity index is 527. The van der Waals surface area contributed by atoms with Crippen molar-refractivity contribution in [1.29, 1.82) is 0 Å². The maximum absolute atomic E-state index is 12.6. The van der Waals surface area contributed by atoms with Crippen LogP contribution in [0, 0.1) is 5.41 Å². The molecule has 1 aliphatic rings. The van der Waals surface area contributed by atoms with Gasteiger partial charge in [0.2, 0.25) is 0 Å². The van der Waals surface area contributed by atoms with Crippen molar-refractivity contribution in [3.8, 4) is 0 Å². The molecule has 1 aliphatic heterocycles. The van der Waals surface area contributed by atoms with Crippen molar-refractivity contribution in [3.63, 3.8) is 0 Å². The van der Waals surface area contributed by atoms with Gasteiger partial charge in [-0.25, -0.2) is 5.01 Å². The molecule has 0 atom stereocenters. The number of hydrogen-bond acceptors (Lipinski definition) is 2. The summed E-state index contributed by atoms with van der Waals surface area (Å²) >= 11 is 0. The monoisotopic (exact) mass is 270 g/mol. The molecule has 4 nitrogen and oxygen atoms in total. The molecule has 1 heterocycles. The van der Waals surface area contributed by atoms with Gasteiger partial charge in [-0.1, -0.05) is 42.5 Å². The molecule has 0 saturated carbocycles. The van der Waals surface area contributed by atoms with E-state index in [1.807, 2.05) is 30.3 Å². The molecule has 1 aromatic carbocycles. The molecule has 0 bridgehead atoms. The molecule has 104 valence electrons. The molecule has 1 fully saturated rings. The first-order chi connectivity index (χ1) is 9.64. The summed E-state index contributed by atoms with van der Waals surface area (Å²) in [6, 6.07) is 9.55. The molecular weight excluding hydrogens is 252 g/mol. The van der Waals surface area contributed by atoms with Crippen LogP contribution in [0.1, 0.15) is 18.4 Å². The summed E-state index contributed by atoms with van der Waals surface area (Å²) in [6.45, 7) is 7.65. The third-order valence-corrected chi connectivity index (χ3v) is 3.49. The second-order valence-electron chi connectivity index (χ2n) is 4.89. The number of carbonyl (C=O) groups is 2. The highest BCUT2D eigenvalue weighted by Gasteiger charge is 2.52. The number of rotatable bonds is 6. The Kier molecular flexibility index (Phi) is 4.03. The predicted molar refractivity (Wildman–Crippen MR) is 77.2 cm³/mol. The lowest BCUT2D eigenvalue weighted by Gasteiger charge is -2.21. The van der Waals surface area contributed by atoms with Crippen molar-refractivity contribution in [2.24, 2.45) is 5.41 Å². The molecule has 1 N–H and O–H groups in total. The van der Waals surface area contributed by atoms with E-state index in [0.29, 0.717) is 19.4 Å². The van der Waals surface area contributed by atoms with Gasteiger partial charge >= 0.3 is 0 Å². The van der Waals surface area contributed by atoms with E-state index >= 15 is 0 Å². The van der Waals surface area contributed by atoms with Crippen molar-refractivity contribution in [2.75, 3.05) is 0 Å². The van der Waals surface area contributed by atoms with Crippen LogP contribution < -0.4 is 5.43 Å². The quantitative estimate of drug-likeness (QED) is 0.636. The fourth-order valence-corrected chi connectivity index (χ4v) is 2.45. The SMILES string of the molecule is C=CCC1(CC=C)C(=O)NN(Cc2ccccc2)C1=O. The normalized spacial score (nSPS) is 16.9. The summed E-state index contributed by atoms with van der Waals surface area (Å²) in [5, 5.41) is 1.38. The van der Waals surface area contributed by atoms with Crippen molar-refractivity contribution in [3.05, 3.63) is 61.2 Å². The minimum atomic E-state index is -1.09. The van der Waals surface area contributed by atoms with Gasteiger partial charge < -0.3 is 0 Å². The minimum absolute atomic E-state index is 0.217. The molecule has 1 aromatic rings. The van der Waals surface area contributed by atoms with Crippen LogP contribution in [-0.4, -0.2) is 16.8 Å². The van der Waals surface area contributed by atoms with Gasteiger partial charge in [0.1, 0.15) is 5.41 Å². The Balaban J connectivity index is 2.23. The average molecular weight is 270 g/mol. The topological polar surface area (TPSA) is 49.4 Å². The molecule has 0 spiro atoms. The Morgan fingerprint density at radius 1 is 1.10 bits per heavy atom. The fraction of sp³-hybridized carbons (Fsp3) is 0.250. The first-order valence-electron chi connectivity index (χ1n) is 6.53. The summed E-state index contributed by atoms with van der Waals surface area (Å²) < 4.78 is 0. The van der Waals surface area contributed by atoms with Crippen LogP contribution in [-0.2, 0) is 16.1 Å². The summed E-state index contributed by atoms with van der Waals surface area (Å²) in [6.07, 6.45) is 3.84. The molecule has 2 rings (SSSR count). The first kappa shape index (κ1) is 14.1. The first-order valence-corrected chi connectivity index (χ1v) is 6.53. The summed E-state index contributed by atoms with van der Waals surface area (Å²) in [5.74, 6) is -0.496. The van der Waals surface area contributed by atoms with Gasteiger partial charge in [0.15, 0.2) is 0 Å². The molecule has 20 heavy (non-hydrogen) atoms. The molecule has 4 heteroatoms. The number of carbonyl (C=O) groups excluding carboxylic acids is 2. The summed E-state index contributed by atoms with van der Waals surface area (Å²) in [7, 11) is 0. The molecular formula is C16H18N2O2. The Hall–Kier alpha value is -2.36. The van der Waals surface area contributed by atoms with E-state index in [1.165, 1.54) is 5.01 Å². The standard InChI is InChI=1S/C16H18N2O2/c1-3-10-16(11-4-2)14(19)17-18(15(16)20)12-13-8-6-5-7-9-13/h3-9H,1-2,10-12H2,(H,17,19). The maximum Gasteiger partial charge on any atom is 0.257 e. The highest BCUT2D eigenvalue weighted by Crippen LogP contribution is 2.35. The lowest BCUT2D eigenvalue weighted by Crippen LogP contribution is -2.36. The molecule has 1 saturated heterocycles. The lowest BCUT2D eigenvalue weighted by atomic mass is 9.80. The summed E-state index contributed by atoms with van der Waals surface area (Å²) in [4.78, 5) is 24.8. The van der Waals surface area contributed by atoms with Gasteiger partial charge in [-0.3, -0.25) is 15.0 Å². The number of nitrogens with zero attached hydrogens (tertiary/aromatic N) is 1. The van der Waals surface area contributed by atoms with E-state index in [0.717, 1.165) is 5.56 Å². The number of benzene rings is 1. The van der Waals surface area contributed by atoms with Crippen LogP contribution in [0.4, 0.5) is 0 Å². The van der Waals surface area contributed by atoms with Gasteiger partial charge in [-0.2, -0.15) is 0 Å².